The molecule has 5 atom stereocenters. The minimum absolute atomic E-state index is 0.868. The van der Waals surface area contributed by atoms with E-state index in [1.165, 1.54) is 5.32 Å². The Morgan fingerprint density at radius 2 is 1.48 bits per heavy atom. The number of methoxy groups -OCH3 is 1. The zero-order valence-corrected chi connectivity index (χ0v) is 15.2. The molecule has 0 saturated carbocycles. The molecular formula is C14H21F6N3O6. The van der Waals surface area contributed by atoms with Gasteiger partial charge in [0.2, 0.25) is 11.8 Å². The van der Waals surface area contributed by atoms with E-state index in [4.69, 9.17) is 5.73 Å². The monoisotopic (exact) mass is 441 g/mol. The van der Waals surface area contributed by atoms with Gasteiger partial charge in [-0.25, -0.2) is 0 Å². The topological polar surface area (TPSA) is 151 Å². The van der Waals surface area contributed by atoms with Crippen LogP contribution >= 0.6 is 0 Å². The van der Waals surface area contributed by atoms with E-state index in [2.05, 4.69) is 4.74 Å². The maximum Gasteiger partial charge on any atom is 0.411 e. The predicted molar refractivity (Wildman–Crippen MR) is 82.9 cm³/mol. The van der Waals surface area contributed by atoms with Crippen LogP contribution in [0.5, 0.6) is 0 Å². The summed E-state index contributed by atoms with van der Waals surface area (Å²) >= 11 is 0. The van der Waals surface area contributed by atoms with Crippen molar-refractivity contribution in [1.82, 2.24) is 10.6 Å². The maximum absolute atomic E-state index is 13.0. The molecule has 2 amide bonds. The Hall–Kier alpha value is -2.13. The normalized spacial score (nSPS) is 17.5. The lowest BCUT2D eigenvalue weighted by molar-refractivity contribution is -0.184. The quantitative estimate of drug-likeness (QED) is 0.230. The van der Waals surface area contributed by atoms with Crippen molar-refractivity contribution < 1.29 is 55.7 Å². The molecule has 0 aliphatic carbocycles. The highest BCUT2D eigenvalue weighted by atomic mass is 19.4. The first-order valence-electron chi connectivity index (χ1n) is 7.92. The van der Waals surface area contributed by atoms with E-state index in [1.807, 2.05) is 0 Å². The molecule has 0 aromatic carbocycles. The molecule has 0 fully saturated rings. The van der Waals surface area contributed by atoms with E-state index in [0.717, 1.165) is 14.0 Å². The molecule has 0 aromatic heterocycles. The molecule has 5 unspecified atom stereocenters. The fraction of sp³-hybridized carbons (Fsp3) is 0.786. The average molecular weight is 441 g/mol. The standard InChI is InChI=1S/C14H21F6N3O6/c1-5(22-8(26)3-6(24)10(21)13(15,16)17)12(28)23-11(14(18,19)20)7(25)4-9(27)29-2/h5-7,10-11,24-25H,3-4,21H2,1-2H3,(H,22,26)(H,23,28). The third-order valence-electron chi connectivity index (χ3n) is 3.60. The highest BCUT2D eigenvalue weighted by Crippen LogP contribution is 2.24. The number of halogens is 6. The number of ether oxygens (including phenoxy) is 1. The van der Waals surface area contributed by atoms with Gasteiger partial charge in [-0.05, 0) is 6.92 Å². The average Bonchev–Trinajstić information content (AvgIpc) is 2.55. The molecule has 29 heavy (non-hydrogen) atoms. The summed E-state index contributed by atoms with van der Waals surface area (Å²) in [6.07, 6.45) is -17.2. The molecule has 0 heterocycles. The predicted octanol–water partition coefficient (Wildman–Crippen LogP) is -0.897. The van der Waals surface area contributed by atoms with Gasteiger partial charge in [-0.1, -0.05) is 0 Å². The van der Waals surface area contributed by atoms with Crippen molar-refractivity contribution in [2.75, 3.05) is 7.11 Å². The molecule has 0 rings (SSSR count). The molecule has 170 valence electrons. The second kappa shape index (κ2) is 10.6. The Bertz CT molecular complexity index is 585. The number of nitrogens with one attached hydrogen (secondary N) is 2. The fourth-order valence-corrected chi connectivity index (χ4v) is 1.95. The Labute approximate surface area is 160 Å². The largest absolute Gasteiger partial charge is 0.469 e. The lowest BCUT2D eigenvalue weighted by atomic mass is 10.1. The number of hydrogen-bond acceptors (Lipinski definition) is 7. The zero-order valence-electron chi connectivity index (χ0n) is 15.2. The minimum Gasteiger partial charge on any atom is -0.469 e. The Kier molecular flexibility index (Phi) is 9.81. The molecule has 6 N–H and O–H groups in total. The van der Waals surface area contributed by atoms with Crippen LogP contribution in [0.15, 0.2) is 0 Å². The van der Waals surface area contributed by atoms with Gasteiger partial charge in [0.05, 0.1) is 32.2 Å². The molecule has 0 saturated heterocycles. The van der Waals surface area contributed by atoms with Crippen LogP contribution in [0.25, 0.3) is 0 Å². The van der Waals surface area contributed by atoms with Crippen molar-refractivity contribution in [2.45, 2.75) is 62.5 Å². The number of amides is 2. The highest BCUT2D eigenvalue weighted by Gasteiger charge is 2.46. The van der Waals surface area contributed by atoms with E-state index < -0.39 is 73.3 Å². The number of carbonyl (C=O) groups is 3. The van der Waals surface area contributed by atoms with Gasteiger partial charge in [0, 0.05) is 0 Å². The number of alkyl halides is 6. The molecule has 0 spiro atoms. The van der Waals surface area contributed by atoms with Crippen LogP contribution < -0.4 is 16.4 Å². The second-order valence-corrected chi connectivity index (χ2v) is 6.00. The number of aliphatic hydroxyl groups is 2. The highest BCUT2D eigenvalue weighted by molar-refractivity contribution is 5.87. The van der Waals surface area contributed by atoms with Crippen molar-refractivity contribution >= 4 is 17.8 Å². The zero-order chi connectivity index (χ0) is 23.2. The lowest BCUT2D eigenvalue weighted by Gasteiger charge is -2.27. The maximum atomic E-state index is 13.0. The van der Waals surface area contributed by atoms with Gasteiger partial charge in [0.25, 0.3) is 0 Å². The van der Waals surface area contributed by atoms with Crippen molar-refractivity contribution in [3.63, 3.8) is 0 Å². The molecule has 9 nitrogen and oxygen atoms in total. The number of rotatable bonds is 9. The number of carbonyl (C=O) groups excluding carboxylic acids is 3. The molecule has 0 bridgehead atoms. The first kappa shape index (κ1) is 26.9. The molecule has 15 heteroatoms. The van der Waals surface area contributed by atoms with Crippen LogP contribution in [0.2, 0.25) is 0 Å². The molecular weight excluding hydrogens is 420 g/mol. The Morgan fingerprint density at radius 1 is 0.966 bits per heavy atom. The lowest BCUT2D eigenvalue weighted by Crippen LogP contribution is -2.57. The summed E-state index contributed by atoms with van der Waals surface area (Å²) in [5, 5.41) is 22.0. The molecule has 0 aromatic rings. The number of hydrogen-bond donors (Lipinski definition) is 5. The van der Waals surface area contributed by atoms with E-state index in [-0.39, 0.29) is 0 Å². The first-order valence-corrected chi connectivity index (χ1v) is 7.92. The van der Waals surface area contributed by atoms with Gasteiger partial charge in [-0.15, -0.1) is 0 Å². The summed E-state index contributed by atoms with van der Waals surface area (Å²) in [6, 6.07) is -7.33. The summed E-state index contributed by atoms with van der Waals surface area (Å²) in [4.78, 5) is 34.5. The van der Waals surface area contributed by atoms with Gasteiger partial charge >= 0.3 is 18.3 Å². The van der Waals surface area contributed by atoms with Crippen LogP contribution in [-0.4, -0.2) is 77.8 Å². The first-order chi connectivity index (χ1) is 13.0. The summed E-state index contributed by atoms with van der Waals surface area (Å²) in [5.74, 6) is -3.94. The number of aliphatic hydroxyl groups excluding tert-OH is 2. The van der Waals surface area contributed by atoms with Crippen LogP contribution in [0.3, 0.4) is 0 Å². The van der Waals surface area contributed by atoms with Gasteiger partial charge in [-0.3, -0.25) is 14.4 Å². The molecule has 0 aliphatic rings. The number of nitrogens with two attached hydrogens (primary N) is 1. The molecule has 0 aliphatic heterocycles. The van der Waals surface area contributed by atoms with Crippen LogP contribution in [0.1, 0.15) is 19.8 Å². The van der Waals surface area contributed by atoms with E-state index >= 15 is 0 Å². The SMILES string of the molecule is COC(=O)CC(O)C(NC(=O)C(C)NC(=O)CC(O)C(N)C(F)(F)F)C(F)(F)F. The Morgan fingerprint density at radius 3 is 1.90 bits per heavy atom. The van der Waals surface area contributed by atoms with Gasteiger partial charge < -0.3 is 31.3 Å². The van der Waals surface area contributed by atoms with Crippen molar-refractivity contribution in [3.8, 4) is 0 Å². The summed E-state index contributed by atoms with van der Waals surface area (Å²) in [6.45, 7) is 0.906. The van der Waals surface area contributed by atoms with Gasteiger partial charge in [-0.2, -0.15) is 26.3 Å². The van der Waals surface area contributed by atoms with Crippen molar-refractivity contribution in [2.24, 2.45) is 5.73 Å². The molecule has 0 radical (unpaired) electrons. The van der Waals surface area contributed by atoms with Crippen molar-refractivity contribution in [1.29, 1.82) is 0 Å². The van der Waals surface area contributed by atoms with E-state index in [0.29, 0.717) is 0 Å². The second-order valence-electron chi connectivity index (χ2n) is 6.00. The van der Waals surface area contributed by atoms with Crippen LogP contribution in [0, 0.1) is 0 Å². The van der Waals surface area contributed by atoms with Crippen molar-refractivity contribution in [3.05, 3.63) is 0 Å². The number of esters is 1. The van der Waals surface area contributed by atoms with E-state index in [9.17, 15) is 50.9 Å². The summed E-state index contributed by atoms with van der Waals surface area (Å²) in [7, 11) is 0.868. The van der Waals surface area contributed by atoms with E-state index in [1.54, 1.807) is 5.32 Å². The van der Waals surface area contributed by atoms with Gasteiger partial charge in [0.15, 0.2) is 6.04 Å². The fourth-order valence-electron chi connectivity index (χ4n) is 1.95. The van der Waals surface area contributed by atoms with Gasteiger partial charge in [0.1, 0.15) is 12.1 Å². The smallest absolute Gasteiger partial charge is 0.411 e. The third-order valence-corrected chi connectivity index (χ3v) is 3.60. The summed E-state index contributed by atoms with van der Waals surface area (Å²) in [5.41, 5.74) is 4.71. The minimum atomic E-state index is -5.18. The Balaban J connectivity index is 4.95. The summed E-state index contributed by atoms with van der Waals surface area (Å²) < 4.78 is 80.2. The van der Waals surface area contributed by atoms with Crippen LogP contribution in [0.4, 0.5) is 26.3 Å². The third kappa shape index (κ3) is 9.27. The van der Waals surface area contributed by atoms with Crippen LogP contribution in [-0.2, 0) is 19.1 Å².